The van der Waals surface area contributed by atoms with Gasteiger partial charge in [-0.3, -0.25) is 15.0 Å². The lowest BCUT2D eigenvalue weighted by atomic mass is 10.2. The summed E-state index contributed by atoms with van der Waals surface area (Å²) in [6, 6.07) is 5.77. The molecule has 24 heavy (non-hydrogen) atoms. The van der Waals surface area contributed by atoms with E-state index in [4.69, 9.17) is 5.11 Å². The van der Waals surface area contributed by atoms with Crippen molar-refractivity contribution in [1.29, 1.82) is 0 Å². The number of nitrogens with one attached hydrogen (secondary N) is 3. The molecule has 0 aromatic heterocycles. The molecule has 2 rings (SSSR count). The van der Waals surface area contributed by atoms with E-state index < -0.39 is 11.2 Å². The Bertz CT molecular complexity index is 715. The van der Waals surface area contributed by atoms with Gasteiger partial charge in [-0.15, -0.1) is 0 Å². The predicted molar refractivity (Wildman–Crippen MR) is 91.6 cm³/mol. The highest BCUT2D eigenvalue weighted by Gasteiger charge is 2.32. The van der Waals surface area contributed by atoms with Crippen LogP contribution in [0, 0.1) is 0 Å². The minimum absolute atomic E-state index is 0.0245. The normalized spacial score (nSPS) is 18.1. The molecule has 4 N–H and O–H groups in total. The van der Waals surface area contributed by atoms with E-state index in [-0.39, 0.29) is 23.8 Å². The van der Waals surface area contributed by atoms with Crippen LogP contribution in [0.25, 0.3) is 0 Å². The Kier molecular flexibility index (Phi) is 5.59. The van der Waals surface area contributed by atoms with Crippen LogP contribution < -0.4 is 16.1 Å². The smallest absolute Gasteiger partial charge is 0.335 e. The summed E-state index contributed by atoms with van der Waals surface area (Å²) in [5.74, 6) is -1.68. The number of allylic oxidation sites excluding steroid dienone is 1. The summed E-state index contributed by atoms with van der Waals surface area (Å²) in [5.41, 5.74) is 3.87. The van der Waals surface area contributed by atoms with Gasteiger partial charge in [-0.05, 0) is 31.2 Å². The Hall–Kier alpha value is -2.81. The summed E-state index contributed by atoms with van der Waals surface area (Å²) in [6.07, 6.45) is -0.0245. The van der Waals surface area contributed by atoms with E-state index in [1.54, 1.807) is 6.92 Å². The molecule has 9 heteroatoms. The van der Waals surface area contributed by atoms with Crippen molar-refractivity contribution in [2.45, 2.75) is 18.6 Å². The number of carbonyl (C=O) groups is 3. The van der Waals surface area contributed by atoms with Crippen molar-refractivity contribution < 1.29 is 19.5 Å². The highest BCUT2D eigenvalue weighted by atomic mass is 32.2. The first kappa shape index (κ1) is 17.5. The Balaban J connectivity index is 1.90. The van der Waals surface area contributed by atoms with Gasteiger partial charge >= 0.3 is 5.97 Å². The largest absolute Gasteiger partial charge is 0.478 e. The zero-order valence-corrected chi connectivity index (χ0v) is 13.6. The first-order chi connectivity index (χ1) is 11.3. The number of thioether (sulfide) groups is 1. The molecule has 0 saturated carbocycles. The quantitative estimate of drug-likeness (QED) is 0.576. The standard InChI is InChI=1S/C15H16N4O4S/c1-8(2)18-19-15-17-13(21)11(24-15)7-12(20)16-10-5-3-9(4-6-10)14(22)23/h3-6,11,18H,1,7H2,2H3,(H,16,20)(H,22,23)(H,17,19,21). The number of amidine groups is 1. The lowest BCUT2D eigenvalue weighted by Gasteiger charge is -2.07. The number of hydrazone groups is 1. The summed E-state index contributed by atoms with van der Waals surface area (Å²) in [6.45, 7) is 5.35. The SMILES string of the molecule is C=C(C)NN=C1NC(=O)C(CC(=O)Nc2ccc(C(=O)O)cc2)S1. The van der Waals surface area contributed by atoms with Crippen LogP contribution in [0.2, 0.25) is 0 Å². The Morgan fingerprint density at radius 3 is 2.62 bits per heavy atom. The predicted octanol–water partition coefficient (Wildman–Crippen LogP) is 1.34. The third-order valence-electron chi connectivity index (χ3n) is 2.91. The van der Waals surface area contributed by atoms with E-state index >= 15 is 0 Å². The van der Waals surface area contributed by atoms with Gasteiger partial charge in [0.1, 0.15) is 5.25 Å². The zero-order chi connectivity index (χ0) is 17.7. The van der Waals surface area contributed by atoms with Crippen molar-refractivity contribution in [3.05, 3.63) is 42.1 Å². The van der Waals surface area contributed by atoms with E-state index in [1.807, 2.05) is 0 Å². The minimum Gasteiger partial charge on any atom is -0.478 e. The highest BCUT2D eigenvalue weighted by molar-refractivity contribution is 8.15. The fourth-order valence-electron chi connectivity index (χ4n) is 1.82. The maximum Gasteiger partial charge on any atom is 0.335 e. The van der Waals surface area contributed by atoms with Gasteiger partial charge in [-0.1, -0.05) is 18.3 Å². The van der Waals surface area contributed by atoms with Gasteiger partial charge in [-0.2, -0.15) is 5.10 Å². The van der Waals surface area contributed by atoms with E-state index in [9.17, 15) is 14.4 Å². The number of nitrogens with zero attached hydrogens (tertiary/aromatic N) is 1. The van der Waals surface area contributed by atoms with Crippen LogP contribution in [0.1, 0.15) is 23.7 Å². The minimum atomic E-state index is -1.04. The molecule has 0 bridgehead atoms. The van der Waals surface area contributed by atoms with Crippen LogP contribution in [0.15, 0.2) is 41.6 Å². The first-order valence-corrected chi connectivity index (χ1v) is 7.83. The Morgan fingerprint density at radius 1 is 1.38 bits per heavy atom. The van der Waals surface area contributed by atoms with E-state index in [0.717, 1.165) is 11.8 Å². The van der Waals surface area contributed by atoms with Gasteiger partial charge in [0.15, 0.2) is 5.17 Å². The Morgan fingerprint density at radius 2 is 2.04 bits per heavy atom. The van der Waals surface area contributed by atoms with Crippen molar-refractivity contribution in [3.8, 4) is 0 Å². The van der Waals surface area contributed by atoms with Crippen LogP contribution in [0.3, 0.4) is 0 Å². The number of hydrogen-bond donors (Lipinski definition) is 4. The van der Waals surface area contributed by atoms with Gasteiger partial charge in [0.05, 0.1) is 5.56 Å². The van der Waals surface area contributed by atoms with Gasteiger partial charge < -0.3 is 15.7 Å². The first-order valence-electron chi connectivity index (χ1n) is 6.95. The molecule has 1 atom stereocenters. The molecule has 126 valence electrons. The summed E-state index contributed by atoms with van der Waals surface area (Å²) in [5, 5.41) is 17.8. The summed E-state index contributed by atoms with van der Waals surface area (Å²) < 4.78 is 0. The fraction of sp³-hybridized carbons (Fsp3) is 0.200. The maximum atomic E-state index is 12.0. The number of carbonyl (C=O) groups excluding carboxylic acids is 2. The Labute approximate surface area is 142 Å². The van der Waals surface area contributed by atoms with Crippen molar-refractivity contribution in [3.63, 3.8) is 0 Å². The molecule has 1 aromatic rings. The van der Waals surface area contributed by atoms with Crippen LogP contribution in [0.5, 0.6) is 0 Å². The third kappa shape index (κ3) is 4.85. The molecule has 1 aliphatic rings. The van der Waals surface area contributed by atoms with Crippen molar-refractivity contribution >= 4 is 40.4 Å². The number of anilines is 1. The van der Waals surface area contributed by atoms with Crippen molar-refractivity contribution in [2.75, 3.05) is 5.32 Å². The number of carboxylic acid groups (broad SMARTS) is 1. The molecular formula is C15H16N4O4S. The molecule has 1 unspecified atom stereocenters. The third-order valence-corrected chi connectivity index (χ3v) is 3.99. The summed E-state index contributed by atoms with van der Waals surface area (Å²) in [4.78, 5) is 34.6. The van der Waals surface area contributed by atoms with Gasteiger partial charge in [0.2, 0.25) is 11.8 Å². The average Bonchev–Trinajstić information content (AvgIpc) is 2.85. The lowest BCUT2D eigenvalue weighted by Crippen LogP contribution is -2.28. The van der Waals surface area contributed by atoms with Crippen molar-refractivity contribution in [1.82, 2.24) is 10.7 Å². The van der Waals surface area contributed by atoms with E-state index in [2.05, 4.69) is 27.7 Å². The molecule has 1 aromatic carbocycles. The molecular weight excluding hydrogens is 332 g/mol. The molecule has 1 heterocycles. The fourth-order valence-corrected chi connectivity index (χ4v) is 2.74. The number of hydrogen-bond acceptors (Lipinski definition) is 6. The van der Waals surface area contributed by atoms with Gasteiger partial charge in [0.25, 0.3) is 0 Å². The molecule has 1 fully saturated rings. The number of carboxylic acids is 1. The lowest BCUT2D eigenvalue weighted by molar-refractivity contribution is -0.122. The molecule has 1 saturated heterocycles. The summed E-state index contributed by atoms with van der Waals surface area (Å²) in [7, 11) is 0. The van der Waals surface area contributed by atoms with E-state index in [1.165, 1.54) is 24.3 Å². The molecule has 1 aliphatic heterocycles. The maximum absolute atomic E-state index is 12.0. The van der Waals surface area contributed by atoms with Crippen LogP contribution in [-0.4, -0.2) is 33.3 Å². The average molecular weight is 348 g/mol. The van der Waals surface area contributed by atoms with E-state index in [0.29, 0.717) is 16.6 Å². The zero-order valence-electron chi connectivity index (χ0n) is 12.8. The van der Waals surface area contributed by atoms with Gasteiger partial charge in [0, 0.05) is 17.8 Å². The second-order valence-corrected chi connectivity index (χ2v) is 6.23. The molecule has 0 radical (unpaired) electrons. The topological polar surface area (TPSA) is 120 Å². The number of amides is 2. The van der Waals surface area contributed by atoms with Crippen LogP contribution >= 0.6 is 11.8 Å². The molecule has 2 amide bonds. The molecule has 0 aliphatic carbocycles. The van der Waals surface area contributed by atoms with Gasteiger partial charge in [-0.25, -0.2) is 4.79 Å². The van der Waals surface area contributed by atoms with Crippen molar-refractivity contribution in [2.24, 2.45) is 5.10 Å². The number of aromatic carboxylic acids is 1. The monoisotopic (exact) mass is 348 g/mol. The van der Waals surface area contributed by atoms with Crippen LogP contribution in [0.4, 0.5) is 5.69 Å². The highest BCUT2D eigenvalue weighted by Crippen LogP contribution is 2.22. The number of rotatable bonds is 6. The van der Waals surface area contributed by atoms with Crippen LogP contribution in [-0.2, 0) is 9.59 Å². The molecule has 8 nitrogen and oxygen atoms in total. The second-order valence-electron chi connectivity index (χ2n) is 5.04. The second kappa shape index (κ2) is 7.64. The molecule has 0 spiro atoms. The number of benzene rings is 1. The summed E-state index contributed by atoms with van der Waals surface area (Å²) >= 11 is 1.15.